The quantitative estimate of drug-likeness (QED) is 0.781. The third kappa shape index (κ3) is 4.87. The van der Waals surface area contributed by atoms with Crippen molar-refractivity contribution in [3.05, 3.63) is 23.8 Å². The highest BCUT2D eigenvalue weighted by Crippen LogP contribution is 2.31. The molecular formula is C19H27NO5. The van der Waals surface area contributed by atoms with Crippen molar-refractivity contribution >= 4 is 11.9 Å². The van der Waals surface area contributed by atoms with E-state index in [2.05, 4.69) is 6.92 Å². The summed E-state index contributed by atoms with van der Waals surface area (Å²) in [6, 6.07) is 5.77. The predicted octanol–water partition coefficient (Wildman–Crippen LogP) is 2.60. The van der Waals surface area contributed by atoms with Gasteiger partial charge in [0.1, 0.15) is 0 Å². The molecule has 2 atom stereocenters. The smallest absolute Gasteiger partial charge is 0.303 e. The van der Waals surface area contributed by atoms with Crippen molar-refractivity contribution in [2.45, 2.75) is 32.6 Å². The van der Waals surface area contributed by atoms with Gasteiger partial charge in [-0.05, 0) is 36.0 Å². The molecule has 1 aliphatic rings. The number of likely N-dealkylation sites (tertiary alicyclic amines) is 1. The molecular weight excluding hydrogens is 322 g/mol. The molecule has 25 heavy (non-hydrogen) atoms. The van der Waals surface area contributed by atoms with Gasteiger partial charge in [-0.15, -0.1) is 0 Å². The van der Waals surface area contributed by atoms with Gasteiger partial charge in [-0.25, -0.2) is 0 Å². The number of amides is 1. The van der Waals surface area contributed by atoms with Gasteiger partial charge in [0.25, 0.3) is 0 Å². The summed E-state index contributed by atoms with van der Waals surface area (Å²) < 4.78 is 10.6. The zero-order chi connectivity index (χ0) is 18.4. The number of nitrogens with zero attached hydrogens (tertiary/aromatic N) is 1. The number of ether oxygens (including phenoxy) is 2. The Morgan fingerprint density at radius 3 is 2.56 bits per heavy atom. The molecule has 0 radical (unpaired) electrons. The minimum absolute atomic E-state index is 0.0488. The van der Waals surface area contributed by atoms with Gasteiger partial charge in [-0.2, -0.15) is 0 Å². The summed E-state index contributed by atoms with van der Waals surface area (Å²) in [5.74, 6) is 0.791. The number of hydrogen-bond acceptors (Lipinski definition) is 4. The second-order valence-electron chi connectivity index (χ2n) is 6.51. The fraction of sp³-hybridized carbons (Fsp3) is 0.579. The first kappa shape index (κ1) is 19.1. The molecule has 138 valence electrons. The van der Waals surface area contributed by atoms with Crippen LogP contribution in [0.25, 0.3) is 0 Å². The molecule has 0 aliphatic carbocycles. The molecule has 1 heterocycles. The average molecular weight is 349 g/mol. The number of benzene rings is 1. The van der Waals surface area contributed by atoms with Crippen molar-refractivity contribution in [2.24, 2.45) is 11.8 Å². The number of methoxy groups -OCH3 is 2. The summed E-state index contributed by atoms with van der Waals surface area (Å²) in [7, 11) is 3.20. The Bertz CT molecular complexity index is 616. The summed E-state index contributed by atoms with van der Waals surface area (Å²) in [6.07, 6.45) is 2.02. The number of carbonyl (C=O) groups is 2. The van der Waals surface area contributed by atoms with E-state index in [0.29, 0.717) is 31.0 Å². The zero-order valence-electron chi connectivity index (χ0n) is 15.2. The Kier molecular flexibility index (Phi) is 6.67. The molecule has 0 spiro atoms. The van der Waals surface area contributed by atoms with Gasteiger partial charge in [0.2, 0.25) is 5.91 Å². The van der Waals surface area contributed by atoms with E-state index in [-0.39, 0.29) is 24.2 Å². The molecule has 0 aromatic heterocycles. The van der Waals surface area contributed by atoms with Crippen molar-refractivity contribution in [3.8, 4) is 11.5 Å². The largest absolute Gasteiger partial charge is 0.493 e. The van der Waals surface area contributed by atoms with E-state index >= 15 is 0 Å². The number of carboxylic acid groups (broad SMARTS) is 1. The highest BCUT2D eigenvalue weighted by atomic mass is 16.5. The van der Waals surface area contributed by atoms with Gasteiger partial charge in [0.05, 0.1) is 14.2 Å². The van der Waals surface area contributed by atoms with E-state index < -0.39 is 5.97 Å². The maximum Gasteiger partial charge on any atom is 0.303 e. The maximum atomic E-state index is 12.4. The summed E-state index contributed by atoms with van der Waals surface area (Å²) in [5, 5.41) is 9.03. The second kappa shape index (κ2) is 8.74. The summed E-state index contributed by atoms with van der Waals surface area (Å²) >= 11 is 0. The van der Waals surface area contributed by atoms with Crippen molar-refractivity contribution in [1.29, 1.82) is 0 Å². The highest BCUT2D eigenvalue weighted by molar-refractivity contribution is 5.78. The lowest BCUT2D eigenvalue weighted by atomic mass is 9.81. The lowest BCUT2D eigenvalue weighted by Crippen LogP contribution is -2.45. The van der Waals surface area contributed by atoms with Gasteiger partial charge in [0.15, 0.2) is 11.5 Å². The van der Waals surface area contributed by atoms with E-state index in [1.165, 1.54) is 0 Å². The molecule has 6 nitrogen and oxygen atoms in total. The van der Waals surface area contributed by atoms with Gasteiger partial charge < -0.3 is 19.5 Å². The molecule has 2 rings (SSSR count). The molecule has 1 fully saturated rings. The van der Waals surface area contributed by atoms with Crippen molar-refractivity contribution in [2.75, 3.05) is 27.3 Å². The Morgan fingerprint density at radius 1 is 1.24 bits per heavy atom. The number of carbonyl (C=O) groups excluding carboxylic acids is 1. The first-order valence-electron chi connectivity index (χ1n) is 8.68. The lowest BCUT2D eigenvalue weighted by Gasteiger charge is -2.37. The Balaban J connectivity index is 1.99. The first-order chi connectivity index (χ1) is 12.0. The van der Waals surface area contributed by atoms with Crippen LogP contribution in [0.15, 0.2) is 18.2 Å². The fourth-order valence-electron chi connectivity index (χ4n) is 3.50. The van der Waals surface area contributed by atoms with E-state index in [9.17, 15) is 9.59 Å². The van der Waals surface area contributed by atoms with Crippen molar-refractivity contribution < 1.29 is 24.2 Å². The van der Waals surface area contributed by atoms with E-state index in [1.54, 1.807) is 14.2 Å². The second-order valence-corrected chi connectivity index (χ2v) is 6.51. The minimum atomic E-state index is -0.824. The molecule has 0 saturated carbocycles. The van der Waals surface area contributed by atoms with Crippen molar-refractivity contribution in [3.63, 3.8) is 0 Å². The number of carboxylic acids is 1. The molecule has 1 N–H and O–H groups in total. The molecule has 6 heteroatoms. The third-order valence-electron chi connectivity index (χ3n) is 4.99. The van der Waals surface area contributed by atoms with E-state index in [4.69, 9.17) is 14.6 Å². The minimum Gasteiger partial charge on any atom is -0.493 e. The van der Waals surface area contributed by atoms with E-state index in [0.717, 1.165) is 18.4 Å². The Morgan fingerprint density at radius 2 is 1.96 bits per heavy atom. The van der Waals surface area contributed by atoms with Crippen LogP contribution in [0.2, 0.25) is 0 Å². The van der Waals surface area contributed by atoms with Gasteiger partial charge in [-0.1, -0.05) is 19.4 Å². The van der Waals surface area contributed by atoms with Crippen LogP contribution in [0.5, 0.6) is 11.5 Å². The topological polar surface area (TPSA) is 76.1 Å². The Labute approximate surface area is 148 Å². The third-order valence-corrected chi connectivity index (χ3v) is 4.99. The maximum absolute atomic E-state index is 12.4. The first-order valence-corrected chi connectivity index (χ1v) is 8.68. The number of hydrogen-bond donors (Lipinski definition) is 1. The summed E-state index contributed by atoms with van der Waals surface area (Å²) in [6.45, 7) is 3.33. The molecule has 1 amide bonds. The average Bonchev–Trinajstić information content (AvgIpc) is 2.60. The van der Waals surface area contributed by atoms with E-state index in [1.807, 2.05) is 23.1 Å². The van der Waals surface area contributed by atoms with Gasteiger partial charge >= 0.3 is 5.97 Å². The Hall–Kier alpha value is -2.24. The van der Waals surface area contributed by atoms with Crippen molar-refractivity contribution in [1.82, 2.24) is 4.90 Å². The molecule has 0 unspecified atom stereocenters. The summed E-state index contributed by atoms with van der Waals surface area (Å²) in [4.78, 5) is 25.2. The van der Waals surface area contributed by atoms with Crippen LogP contribution >= 0.6 is 0 Å². The molecule has 1 aromatic carbocycles. The number of piperidine rings is 1. The molecule has 1 aromatic rings. The van der Waals surface area contributed by atoms with Crippen LogP contribution in [-0.4, -0.2) is 49.2 Å². The van der Waals surface area contributed by atoms with Crippen LogP contribution in [0.1, 0.15) is 31.7 Å². The number of aliphatic carboxylic acids is 1. The SMILES string of the molecule is CC[C@@H]1CN(CCc2ccc(OC)c(OC)c2)C(=O)C[C@H]1CC(=O)O. The highest BCUT2D eigenvalue weighted by Gasteiger charge is 2.34. The zero-order valence-corrected chi connectivity index (χ0v) is 15.2. The van der Waals surface area contributed by atoms with Crippen LogP contribution in [0, 0.1) is 11.8 Å². The van der Waals surface area contributed by atoms with Gasteiger partial charge in [-0.3, -0.25) is 9.59 Å². The monoisotopic (exact) mass is 349 g/mol. The standard InChI is InChI=1S/C19H27NO5/c1-4-14-12-20(18(21)10-15(14)11-19(22)23)8-7-13-5-6-16(24-2)17(9-13)25-3/h5-6,9,14-15H,4,7-8,10-12H2,1-3H3,(H,22,23)/t14-,15+/m1/s1. The summed E-state index contributed by atoms with van der Waals surface area (Å²) in [5.41, 5.74) is 1.08. The lowest BCUT2D eigenvalue weighted by molar-refractivity contribution is -0.142. The number of rotatable bonds is 8. The van der Waals surface area contributed by atoms with Crippen LogP contribution in [0.4, 0.5) is 0 Å². The van der Waals surface area contributed by atoms with Crippen LogP contribution < -0.4 is 9.47 Å². The van der Waals surface area contributed by atoms with Crippen LogP contribution in [0.3, 0.4) is 0 Å². The van der Waals surface area contributed by atoms with Crippen LogP contribution in [-0.2, 0) is 16.0 Å². The molecule has 1 aliphatic heterocycles. The molecule has 1 saturated heterocycles. The molecule has 0 bridgehead atoms. The fourth-order valence-corrected chi connectivity index (χ4v) is 3.50. The van der Waals surface area contributed by atoms with Gasteiger partial charge in [0, 0.05) is 25.9 Å². The predicted molar refractivity (Wildman–Crippen MR) is 94.0 cm³/mol. The normalized spacial score (nSPS) is 20.4.